The van der Waals surface area contributed by atoms with Gasteiger partial charge in [-0.2, -0.15) is 0 Å². The van der Waals surface area contributed by atoms with E-state index in [-0.39, 0.29) is 30.3 Å². The Balaban J connectivity index is 0.00000225. The topological polar surface area (TPSA) is 41.1 Å². The Morgan fingerprint density at radius 2 is 2.38 bits per heavy atom. The molecule has 0 radical (unpaired) electrons. The van der Waals surface area contributed by atoms with Gasteiger partial charge in [-0.3, -0.25) is 4.79 Å². The summed E-state index contributed by atoms with van der Waals surface area (Å²) in [7, 11) is 0. The van der Waals surface area contributed by atoms with Crippen molar-refractivity contribution >= 4 is 18.3 Å². The summed E-state index contributed by atoms with van der Waals surface area (Å²) in [5.41, 5.74) is 0. The van der Waals surface area contributed by atoms with Gasteiger partial charge in [0.1, 0.15) is 0 Å². The van der Waals surface area contributed by atoms with Crippen molar-refractivity contribution in [1.29, 1.82) is 0 Å². The quantitative estimate of drug-likeness (QED) is 0.744. The van der Waals surface area contributed by atoms with Crippen LogP contribution in [0.5, 0.6) is 0 Å². The van der Waals surface area contributed by atoms with Gasteiger partial charge in [0.05, 0.1) is 0 Å². The molecule has 94 valence electrons. The van der Waals surface area contributed by atoms with E-state index in [9.17, 15) is 4.79 Å². The second-order valence-electron chi connectivity index (χ2n) is 4.51. The molecule has 0 aromatic heterocycles. The Kier molecular flexibility index (Phi) is 7.43. The van der Waals surface area contributed by atoms with Crippen LogP contribution in [-0.2, 0) is 4.79 Å². The molecule has 1 saturated heterocycles. The minimum Gasteiger partial charge on any atom is -0.353 e. The van der Waals surface area contributed by atoms with Crippen molar-refractivity contribution in [2.45, 2.75) is 45.2 Å². The molecule has 3 atom stereocenters. The number of amides is 1. The third-order valence-corrected chi connectivity index (χ3v) is 2.90. The lowest BCUT2D eigenvalue weighted by Crippen LogP contribution is -2.44. The maximum Gasteiger partial charge on any atom is 0.223 e. The molecule has 0 aromatic carbocycles. The highest BCUT2D eigenvalue weighted by molar-refractivity contribution is 5.85. The van der Waals surface area contributed by atoms with Crippen molar-refractivity contribution in [3.05, 3.63) is 12.7 Å². The second kappa shape index (κ2) is 7.69. The molecule has 0 bridgehead atoms. The third kappa shape index (κ3) is 4.99. The van der Waals surface area contributed by atoms with Crippen LogP contribution in [-0.4, -0.2) is 24.5 Å². The SMILES string of the molecule is C=CCC(C)NC(=O)[C@H]1CCN[C@@H](C)C1.Cl. The summed E-state index contributed by atoms with van der Waals surface area (Å²) in [6.45, 7) is 8.77. The molecule has 0 aromatic rings. The molecule has 2 N–H and O–H groups in total. The van der Waals surface area contributed by atoms with E-state index < -0.39 is 0 Å². The van der Waals surface area contributed by atoms with Crippen LogP contribution in [0.1, 0.15) is 33.1 Å². The number of piperidine rings is 1. The molecule has 1 aliphatic rings. The molecule has 4 heteroatoms. The number of carbonyl (C=O) groups excluding carboxylic acids is 1. The van der Waals surface area contributed by atoms with Crippen LogP contribution in [0.4, 0.5) is 0 Å². The molecule has 1 fully saturated rings. The predicted molar refractivity (Wildman–Crippen MR) is 69.9 cm³/mol. The first-order chi connectivity index (χ1) is 7.13. The normalized spacial score (nSPS) is 26.4. The lowest BCUT2D eigenvalue weighted by atomic mass is 9.92. The van der Waals surface area contributed by atoms with E-state index in [1.54, 1.807) is 0 Å². The van der Waals surface area contributed by atoms with Gasteiger partial charge in [-0.1, -0.05) is 6.08 Å². The standard InChI is InChI=1S/C12H22N2O.ClH/c1-4-5-9(2)14-12(15)11-6-7-13-10(3)8-11;/h4,9-11,13H,1,5-8H2,2-3H3,(H,14,15);1H/t9?,10-,11-;/m0./s1. The number of hydrogen-bond donors (Lipinski definition) is 2. The fourth-order valence-corrected chi connectivity index (χ4v) is 2.04. The zero-order valence-corrected chi connectivity index (χ0v) is 11.0. The van der Waals surface area contributed by atoms with Crippen LogP contribution in [0.2, 0.25) is 0 Å². The molecule has 16 heavy (non-hydrogen) atoms. The van der Waals surface area contributed by atoms with E-state index in [2.05, 4.69) is 24.1 Å². The number of halogens is 1. The summed E-state index contributed by atoms with van der Waals surface area (Å²) < 4.78 is 0. The van der Waals surface area contributed by atoms with E-state index >= 15 is 0 Å². The maximum atomic E-state index is 11.9. The number of hydrogen-bond acceptors (Lipinski definition) is 2. The zero-order valence-electron chi connectivity index (χ0n) is 10.2. The second-order valence-corrected chi connectivity index (χ2v) is 4.51. The molecule has 3 nitrogen and oxygen atoms in total. The Morgan fingerprint density at radius 3 is 2.94 bits per heavy atom. The Hall–Kier alpha value is -0.540. The van der Waals surface area contributed by atoms with Gasteiger partial charge in [-0.05, 0) is 39.7 Å². The van der Waals surface area contributed by atoms with E-state index in [1.165, 1.54) is 0 Å². The zero-order chi connectivity index (χ0) is 11.3. The van der Waals surface area contributed by atoms with Gasteiger partial charge in [0.25, 0.3) is 0 Å². The van der Waals surface area contributed by atoms with Gasteiger partial charge >= 0.3 is 0 Å². The van der Waals surface area contributed by atoms with Crippen LogP contribution in [0.25, 0.3) is 0 Å². The van der Waals surface area contributed by atoms with Gasteiger partial charge in [0.2, 0.25) is 5.91 Å². The van der Waals surface area contributed by atoms with E-state index in [1.807, 2.05) is 13.0 Å². The highest BCUT2D eigenvalue weighted by Gasteiger charge is 2.24. The van der Waals surface area contributed by atoms with Crippen LogP contribution in [0.3, 0.4) is 0 Å². The molecule has 1 rings (SSSR count). The molecule has 1 heterocycles. The molecule has 0 aliphatic carbocycles. The van der Waals surface area contributed by atoms with Gasteiger partial charge < -0.3 is 10.6 Å². The molecule has 1 amide bonds. The minimum atomic E-state index is 0. The summed E-state index contributed by atoms with van der Waals surface area (Å²) in [6.07, 6.45) is 4.59. The number of nitrogens with one attached hydrogen (secondary N) is 2. The van der Waals surface area contributed by atoms with Gasteiger partial charge in [-0.15, -0.1) is 19.0 Å². The summed E-state index contributed by atoms with van der Waals surface area (Å²) in [5.74, 6) is 0.395. The average molecular weight is 247 g/mol. The molecule has 1 unspecified atom stereocenters. The van der Waals surface area contributed by atoms with E-state index in [0.29, 0.717) is 6.04 Å². The molecule has 1 aliphatic heterocycles. The highest BCUT2D eigenvalue weighted by Crippen LogP contribution is 2.16. The first-order valence-corrected chi connectivity index (χ1v) is 5.78. The third-order valence-electron chi connectivity index (χ3n) is 2.90. The van der Waals surface area contributed by atoms with Crippen LogP contribution in [0.15, 0.2) is 12.7 Å². The lowest BCUT2D eigenvalue weighted by Gasteiger charge is -2.28. The largest absolute Gasteiger partial charge is 0.353 e. The van der Waals surface area contributed by atoms with Crippen molar-refractivity contribution in [1.82, 2.24) is 10.6 Å². The Labute approximate surface area is 104 Å². The minimum absolute atomic E-state index is 0. The van der Waals surface area contributed by atoms with Crippen molar-refractivity contribution in [2.24, 2.45) is 5.92 Å². The summed E-state index contributed by atoms with van der Waals surface area (Å²) >= 11 is 0. The van der Waals surface area contributed by atoms with Crippen molar-refractivity contribution < 1.29 is 4.79 Å². The van der Waals surface area contributed by atoms with Gasteiger partial charge in [-0.25, -0.2) is 0 Å². The summed E-state index contributed by atoms with van der Waals surface area (Å²) in [6, 6.07) is 0.671. The predicted octanol–water partition coefficient (Wildman–Crippen LogP) is 1.88. The molecular formula is C12H23ClN2O. The first kappa shape index (κ1) is 15.5. The maximum absolute atomic E-state index is 11.9. The van der Waals surface area contributed by atoms with Gasteiger partial charge in [0, 0.05) is 18.0 Å². The van der Waals surface area contributed by atoms with E-state index in [4.69, 9.17) is 0 Å². The Bertz CT molecular complexity index is 233. The van der Waals surface area contributed by atoms with Crippen LogP contribution in [0, 0.1) is 5.92 Å². The van der Waals surface area contributed by atoms with Crippen LogP contribution < -0.4 is 10.6 Å². The van der Waals surface area contributed by atoms with Crippen molar-refractivity contribution in [3.8, 4) is 0 Å². The monoisotopic (exact) mass is 246 g/mol. The summed E-state index contributed by atoms with van der Waals surface area (Å²) in [5, 5.41) is 6.38. The Morgan fingerprint density at radius 1 is 1.69 bits per heavy atom. The molecular weight excluding hydrogens is 224 g/mol. The lowest BCUT2D eigenvalue weighted by molar-refractivity contribution is -0.126. The van der Waals surface area contributed by atoms with E-state index in [0.717, 1.165) is 25.8 Å². The first-order valence-electron chi connectivity index (χ1n) is 5.78. The fourth-order valence-electron chi connectivity index (χ4n) is 2.04. The summed E-state index contributed by atoms with van der Waals surface area (Å²) in [4.78, 5) is 11.9. The molecule has 0 spiro atoms. The highest BCUT2D eigenvalue weighted by atomic mass is 35.5. The van der Waals surface area contributed by atoms with Crippen molar-refractivity contribution in [3.63, 3.8) is 0 Å². The average Bonchev–Trinajstić information content (AvgIpc) is 2.18. The number of rotatable bonds is 4. The fraction of sp³-hybridized carbons (Fsp3) is 0.750. The van der Waals surface area contributed by atoms with Gasteiger partial charge in [0.15, 0.2) is 0 Å². The molecule has 0 saturated carbocycles. The van der Waals surface area contributed by atoms with Crippen molar-refractivity contribution in [2.75, 3.05) is 6.54 Å². The van der Waals surface area contributed by atoms with Crippen LogP contribution >= 0.6 is 12.4 Å². The smallest absolute Gasteiger partial charge is 0.223 e. The number of carbonyl (C=O) groups is 1.